The Morgan fingerprint density at radius 1 is 1.21 bits per heavy atom. The van der Waals surface area contributed by atoms with Crippen molar-refractivity contribution < 1.29 is 9.53 Å². The van der Waals surface area contributed by atoms with Gasteiger partial charge in [-0.15, -0.1) is 0 Å². The van der Waals surface area contributed by atoms with Crippen molar-refractivity contribution in [1.29, 1.82) is 0 Å². The molecule has 1 saturated carbocycles. The maximum Gasteiger partial charge on any atom is 0.250 e. The van der Waals surface area contributed by atoms with Crippen LogP contribution >= 0.6 is 0 Å². The lowest BCUT2D eigenvalue weighted by molar-refractivity contribution is -0.138. The summed E-state index contributed by atoms with van der Waals surface area (Å²) in [5, 5.41) is 3.43. The first-order valence-corrected chi connectivity index (χ1v) is 12.2. The van der Waals surface area contributed by atoms with E-state index in [1.165, 1.54) is 16.7 Å². The van der Waals surface area contributed by atoms with Gasteiger partial charge in [-0.1, -0.05) is 18.2 Å². The van der Waals surface area contributed by atoms with Crippen LogP contribution in [0.2, 0.25) is 0 Å². The highest BCUT2D eigenvalue weighted by molar-refractivity contribution is 5.81. The minimum Gasteiger partial charge on any atom is -0.385 e. The van der Waals surface area contributed by atoms with Crippen LogP contribution < -0.4 is 10.9 Å². The Hall–Kier alpha value is -2.44. The minimum absolute atomic E-state index is 0.0165. The third-order valence-corrected chi connectivity index (χ3v) is 7.19. The van der Waals surface area contributed by atoms with Crippen LogP contribution in [0.25, 0.3) is 0 Å². The van der Waals surface area contributed by atoms with E-state index in [0.29, 0.717) is 19.1 Å². The van der Waals surface area contributed by atoms with Crippen LogP contribution in [-0.4, -0.2) is 48.2 Å². The molecule has 1 amide bonds. The lowest BCUT2D eigenvalue weighted by atomic mass is 9.80. The highest BCUT2D eigenvalue weighted by Gasteiger charge is 2.40. The number of hydrogen-bond donors (Lipinski definition) is 1. The predicted molar refractivity (Wildman–Crippen MR) is 130 cm³/mol. The van der Waals surface area contributed by atoms with Crippen molar-refractivity contribution >= 4 is 5.91 Å². The van der Waals surface area contributed by atoms with Crippen LogP contribution in [0, 0.1) is 12.8 Å². The zero-order valence-electron chi connectivity index (χ0n) is 20.2. The Kier molecular flexibility index (Phi) is 7.66. The first-order valence-electron chi connectivity index (χ1n) is 12.2. The average molecular weight is 452 g/mol. The van der Waals surface area contributed by atoms with E-state index in [1.807, 2.05) is 12.3 Å². The molecule has 1 aromatic carbocycles. The molecule has 33 heavy (non-hydrogen) atoms. The molecular formula is C27H37N3O3. The van der Waals surface area contributed by atoms with Gasteiger partial charge in [0, 0.05) is 52.2 Å². The molecule has 4 rings (SSSR count). The summed E-state index contributed by atoms with van der Waals surface area (Å²) in [6, 6.07) is 10.7. The number of aromatic nitrogens is 1. The van der Waals surface area contributed by atoms with Gasteiger partial charge in [-0.05, 0) is 79.8 Å². The maximum atomic E-state index is 13.9. The van der Waals surface area contributed by atoms with Crippen LogP contribution in [0.1, 0.15) is 53.9 Å². The van der Waals surface area contributed by atoms with E-state index in [0.717, 1.165) is 50.8 Å². The molecule has 2 atom stereocenters. The van der Waals surface area contributed by atoms with Crippen molar-refractivity contribution in [1.82, 2.24) is 14.8 Å². The standard InChI is InChI=1S/C27H37N3O3/c1-19-6-7-20(5-4-14-33-3)15-22(19)18-30(23-8-9-23)27(32)25-17-28-12-10-24(25)21-11-13-29(2)26(31)16-21/h6-7,11,13,15-16,23-25,28H,4-5,8-10,12,14,17-18H2,1-3H3/t24-,25+/m1/s1. The van der Waals surface area contributed by atoms with E-state index in [4.69, 9.17) is 4.74 Å². The Morgan fingerprint density at radius 2 is 2.03 bits per heavy atom. The Labute approximate surface area is 196 Å². The summed E-state index contributed by atoms with van der Waals surface area (Å²) in [4.78, 5) is 28.3. The van der Waals surface area contributed by atoms with E-state index in [-0.39, 0.29) is 23.3 Å². The van der Waals surface area contributed by atoms with Gasteiger partial charge in [0.15, 0.2) is 0 Å². The molecule has 2 aromatic rings. The number of nitrogens with one attached hydrogen (secondary N) is 1. The fourth-order valence-electron chi connectivity index (χ4n) is 4.95. The first kappa shape index (κ1) is 23.7. The summed E-state index contributed by atoms with van der Waals surface area (Å²) >= 11 is 0. The maximum absolute atomic E-state index is 13.9. The van der Waals surface area contributed by atoms with Crippen LogP contribution in [0.15, 0.2) is 41.3 Å². The number of rotatable bonds is 9. The highest BCUT2D eigenvalue weighted by atomic mass is 16.5. The minimum atomic E-state index is -0.142. The molecule has 2 heterocycles. The number of hydrogen-bond acceptors (Lipinski definition) is 4. The SMILES string of the molecule is COCCCc1ccc(C)c(CN(C(=O)[C@H]2CNCC[C@@H]2c2ccn(C)c(=O)c2)C2CC2)c1. The summed E-state index contributed by atoms with van der Waals surface area (Å²) in [5.74, 6) is 0.159. The Morgan fingerprint density at radius 3 is 2.76 bits per heavy atom. The van der Waals surface area contributed by atoms with Crippen molar-refractivity contribution in [2.75, 3.05) is 26.8 Å². The number of carbonyl (C=O) groups is 1. The van der Waals surface area contributed by atoms with E-state index >= 15 is 0 Å². The zero-order valence-corrected chi connectivity index (χ0v) is 20.2. The molecule has 2 aliphatic rings. The number of nitrogens with zero attached hydrogens (tertiary/aromatic N) is 2. The number of aryl methyl sites for hydroxylation is 3. The lowest BCUT2D eigenvalue weighted by Crippen LogP contribution is -2.47. The number of benzene rings is 1. The van der Waals surface area contributed by atoms with E-state index < -0.39 is 0 Å². The molecule has 6 nitrogen and oxygen atoms in total. The number of pyridine rings is 1. The number of ether oxygens (including phenoxy) is 1. The summed E-state index contributed by atoms with van der Waals surface area (Å²) in [6.45, 7) is 5.09. The van der Waals surface area contributed by atoms with Gasteiger partial charge in [0.05, 0.1) is 5.92 Å². The van der Waals surface area contributed by atoms with Gasteiger partial charge >= 0.3 is 0 Å². The van der Waals surface area contributed by atoms with Crippen LogP contribution in [-0.2, 0) is 29.5 Å². The van der Waals surface area contributed by atoms with Crippen LogP contribution in [0.4, 0.5) is 0 Å². The van der Waals surface area contributed by atoms with Gasteiger partial charge in [0.25, 0.3) is 5.56 Å². The van der Waals surface area contributed by atoms with Crippen LogP contribution in [0.5, 0.6) is 0 Å². The van der Waals surface area contributed by atoms with E-state index in [2.05, 4.69) is 35.3 Å². The van der Waals surface area contributed by atoms with Crippen molar-refractivity contribution in [2.45, 2.75) is 57.5 Å². The molecule has 0 bridgehead atoms. The molecule has 0 spiro atoms. The van der Waals surface area contributed by atoms with Crippen molar-refractivity contribution in [3.63, 3.8) is 0 Å². The second kappa shape index (κ2) is 10.7. The molecular weight excluding hydrogens is 414 g/mol. The molecule has 0 unspecified atom stereocenters. The molecule has 178 valence electrons. The highest BCUT2D eigenvalue weighted by Crippen LogP contribution is 2.36. The summed E-state index contributed by atoms with van der Waals surface area (Å²) in [5.41, 5.74) is 4.74. The third kappa shape index (κ3) is 5.74. The molecule has 1 saturated heterocycles. The molecule has 2 fully saturated rings. The lowest BCUT2D eigenvalue weighted by Gasteiger charge is -2.36. The van der Waals surface area contributed by atoms with E-state index in [1.54, 1.807) is 24.8 Å². The number of amides is 1. The van der Waals surface area contributed by atoms with Gasteiger partial charge < -0.3 is 19.5 Å². The van der Waals surface area contributed by atoms with Crippen molar-refractivity contribution in [3.05, 3.63) is 69.1 Å². The number of carbonyl (C=O) groups excluding carboxylic acids is 1. The Balaban J connectivity index is 1.55. The molecule has 1 aliphatic carbocycles. The quantitative estimate of drug-likeness (QED) is 0.595. The van der Waals surface area contributed by atoms with Gasteiger partial charge in [0.1, 0.15) is 0 Å². The topological polar surface area (TPSA) is 63.6 Å². The number of methoxy groups -OCH3 is 1. The normalized spacial score (nSPS) is 20.6. The van der Waals surface area contributed by atoms with Crippen molar-refractivity contribution in [3.8, 4) is 0 Å². The van der Waals surface area contributed by atoms with Gasteiger partial charge in [0.2, 0.25) is 5.91 Å². The molecule has 1 aromatic heterocycles. The van der Waals surface area contributed by atoms with Crippen molar-refractivity contribution in [2.24, 2.45) is 13.0 Å². The summed E-state index contributed by atoms with van der Waals surface area (Å²) in [6.07, 6.45) is 6.82. The molecule has 1 N–H and O–H groups in total. The largest absolute Gasteiger partial charge is 0.385 e. The predicted octanol–water partition coefficient (Wildman–Crippen LogP) is 3.16. The van der Waals surface area contributed by atoms with Crippen LogP contribution in [0.3, 0.4) is 0 Å². The zero-order chi connectivity index (χ0) is 23.4. The smallest absolute Gasteiger partial charge is 0.250 e. The fourth-order valence-corrected chi connectivity index (χ4v) is 4.95. The van der Waals surface area contributed by atoms with Gasteiger partial charge in [-0.25, -0.2) is 0 Å². The molecule has 0 radical (unpaired) electrons. The van der Waals surface area contributed by atoms with E-state index in [9.17, 15) is 9.59 Å². The second-order valence-corrected chi connectivity index (χ2v) is 9.67. The number of piperidine rings is 1. The molecule has 6 heteroatoms. The summed E-state index contributed by atoms with van der Waals surface area (Å²) < 4.78 is 6.78. The summed E-state index contributed by atoms with van der Waals surface area (Å²) in [7, 11) is 3.50. The first-order chi connectivity index (χ1) is 16.0. The average Bonchev–Trinajstić information content (AvgIpc) is 3.66. The second-order valence-electron chi connectivity index (χ2n) is 9.67. The fraction of sp³-hybridized carbons (Fsp3) is 0.556. The van der Waals surface area contributed by atoms with Gasteiger partial charge in [-0.3, -0.25) is 9.59 Å². The monoisotopic (exact) mass is 451 g/mol. The third-order valence-electron chi connectivity index (χ3n) is 7.19. The van der Waals surface area contributed by atoms with Gasteiger partial charge in [-0.2, -0.15) is 0 Å². The Bertz CT molecular complexity index is 1030. The molecule has 1 aliphatic heterocycles.